The lowest BCUT2D eigenvalue weighted by atomic mass is 10.1. The minimum absolute atomic E-state index is 0. The van der Waals surface area contributed by atoms with Crippen LogP contribution in [-0.2, 0) is 0 Å². The fourth-order valence-electron chi connectivity index (χ4n) is 1.01. The van der Waals surface area contributed by atoms with Crippen molar-refractivity contribution >= 4 is 39.7 Å². The van der Waals surface area contributed by atoms with E-state index in [2.05, 4.69) is 15.9 Å². The molecule has 1 heterocycles. The van der Waals surface area contributed by atoms with Crippen molar-refractivity contribution in [2.75, 3.05) is 6.61 Å². The van der Waals surface area contributed by atoms with E-state index in [9.17, 15) is 0 Å². The summed E-state index contributed by atoms with van der Waals surface area (Å²) in [6, 6.07) is 2.06. The predicted octanol–water partition coefficient (Wildman–Crippen LogP) is 2.70. The second-order valence-corrected chi connectivity index (χ2v) is 4.41. The van der Waals surface area contributed by atoms with Gasteiger partial charge in [-0.25, -0.2) is 0 Å². The van der Waals surface area contributed by atoms with Gasteiger partial charge in [-0.05, 0) is 40.2 Å². The molecule has 13 heavy (non-hydrogen) atoms. The van der Waals surface area contributed by atoms with E-state index < -0.39 is 0 Å². The largest absolute Gasteiger partial charge is 0.396 e. The van der Waals surface area contributed by atoms with Crippen LogP contribution in [0.15, 0.2) is 15.9 Å². The molecule has 0 aliphatic heterocycles. The lowest BCUT2D eigenvalue weighted by molar-refractivity contribution is 0.280. The van der Waals surface area contributed by atoms with Gasteiger partial charge in [-0.1, -0.05) is 0 Å². The van der Waals surface area contributed by atoms with Crippen LogP contribution < -0.4 is 5.73 Å². The number of halogens is 2. The van der Waals surface area contributed by atoms with Crippen molar-refractivity contribution in [2.45, 2.75) is 18.9 Å². The predicted molar refractivity (Wildman–Crippen MR) is 62.5 cm³/mol. The van der Waals surface area contributed by atoms with E-state index in [0.717, 1.165) is 17.3 Å². The molecule has 0 amide bonds. The highest BCUT2D eigenvalue weighted by Gasteiger charge is 2.10. The Hall–Kier alpha value is 0.390. The molecule has 1 atom stereocenters. The Bertz CT molecular complexity index is 244. The van der Waals surface area contributed by atoms with E-state index in [0.29, 0.717) is 0 Å². The van der Waals surface area contributed by atoms with Gasteiger partial charge in [0.1, 0.15) is 0 Å². The molecular formula is C8H13BrClNOS. The molecule has 0 fully saturated rings. The van der Waals surface area contributed by atoms with Crippen molar-refractivity contribution in [2.24, 2.45) is 5.73 Å². The Kier molecular flexibility index (Phi) is 6.99. The summed E-state index contributed by atoms with van der Waals surface area (Å²) in [4.78, 5) is 1.17. The van der Waals surface area contributed by atoms with Gasteiger partial charge in [-0.3, -0.25) is 0 Å². The van der Waals surface area contributed by atoms with E-state index in [1.54, 1.807) is 11.3 Å². The van der Waals surface area contributed by atoms with Crippen molar-refractivity contribution in [3.8, 4) is 0 Å². The molecule has 0 aliphatic rings. The average molecular weight is 287 g/mol. The summed E-state index contributed by atoms with van der Waals surface area (Å²) in [6.07, 6.45) is 1.61. The van der Waals surface area contributed by atoms with Gasteiger partial charge in [0.05, 0.1) is 0 Å². The molecule has 0 saturated heterocycles. The summed E-state index contributed by atoms with van der Waals surface area (Å²) in [5.74, 6) is 0. The van der Waals surface area contributed by atoms with Gasteiger partial charge in [0.15, 0.2) is 0 Å². The number of aliphatic hydroxyl groups is 1. The Morgan fingerprint density at radius 1 is 1.62 bits per heavy atom. The molecule has 0 unspecified atom stereocenters. The number of nitrogens with two attached hydrogens (primary N) is 1. The van der Waals surface area contributed by atoms with Crippen molar-refractivity contribution in [1.29, 1.82) is 0 Å². The van der Waals surface area contributed by atoms with Gasteiger partial charge in [-0.2, -0.15) is 0 Å². The molecule has 5 heteroatoms. The third kappa shape index (κ3) is 3.95. The molecule has 0 bridgehead atoms. The average Bonchev–Trinajstić information content (AvgIpc) is 2.47. The summed E-state index contributed by atoms with van der Waals surface area (Å²) in [5.41, 5.74) is 5.90. The van der Waals surface area contributed by atoms with Crippen LogP contribution in [0.4, 0.5) is 0 Å². The Morgan fingerprint density at radius 2 is 2.31 bits per heavy atom. The first-order valence-corrected chi connectivity index (χ1v) is 5.52. The zero-order valence-electron chi connectivity index (χ0n) is 7.07. The maximum Gasteiger partial charge on any atom is 0.0431 e. The zero-order chi connectivity index (χ0) is 8.97. The molecule has 0 aliphatic carbocycles. The molecule has 3 N–H and O–H groups in total. The quantitative estimate of drug-likeness (QED) is 0.894. The highest BCUT2D eigenvalue weighted by Crippen LogP contribution is 2.29. The van der Waals surface area contributed by atoms with Crippen molar-refractivity contribution in [3.05, 3.63) is 20.8 Å². The van der Waals surface area contributed by atoms with Gasteiger partial charge >= 0.3 is 0 Å². The molecule has 0 spiro atoms. The van der Waals surface area contributed by atoms with Gasteiger partial charge in [0, 0.05) is 22.0 Å². The van der Waals surface area contributed by atoms with Crippen molar-refractivity contribution < 1.29 is 5.11 Å². The Morgan fingerprint density at radius 3 is 2.77 bits per heavy atom. The highest BCUT2D eigenvalue weighted by molar-refractivity contribution is 9.10. The number of aliphatic hydroxyl groups excluding tert-OH is 1. The fourth-order valence-corrected chi connectivity index (χ4v) is 2.72. The van der Waals surface area contributed by atoms with Crippen molar-refractivity contribution in [3.63, 3.8) is 0 Å². The van der Waals surface area contributed by atoms with Gasteiger partial charge in [0.2, 0.25) is 0 Å². The number of hydrogen-bond donors (Lipinski definition) is 2. The molecule has 1 rings (SSSR count). The van der Waals surface area contributed by atoms with E-state index in [1.165, 1.54) is 4.88 Å². The summed E-state index contributed by atoms with van der Waals surface area (Å²) in [6.45, 7) is 0.219. The smallest absolute Gasteiger partial charge is 0.0431 e. The maximum absolute atomic E-state index is 8.62. The van der Waals surface area contributed by atoms with E-state index >= 15 is 0 Å². The Labute approximate surface area is 96.7 Å². The fraction of sp³-hybridized carbons (Fsp3) is 0.500. The summed E-state index contributed by atoms with van der Waals surface area (Å²) >= 11 is 5.08. The molecule has 2 nitrogen and oxygen atoms in total. The van der Waals surface area contributed by atoms with Crippen LogP contribution in [0, 0.1) is 0 Å². The number of rotatable bonds is 4. The first-order chi connectivity index (χ1) is 5.75. The van der Waals surface area contributed by atoms with Crippen LogP contribution in [0.1, 0.15) is 23.8 Å². The Balaban J connectivity index is 0.00000144. The van der Waals surface area contributed by atoms with Crippen LogP contribution in [0.5, 0.6) is 0 Å². The summed E-state index contributed by atoms with van der Waals surface area (Å²) < 4.78 is 1.08. The molecule has 1 aromatic heterocycles. The standard InChI is InChI=1S/C8H12BrNOS.ClH/c9-6-3-5-12-8(6)7(10)2-1-4-11;/h3,5,7,11H,1-2,4,10H2;1H/t7-;/m1./s1. The molecule has 0 radical (unpaired) electrons. The van der Waals surface area contributed by atoms with E-state index in [1.807, 2.05) is 11.4 Å². The third-order valence-corrected chi connectivity index (χ3v) is 3.66. The molecule has 76 valence electrons. The number of thiophene rings is 1. The van der Waals surface area contributed by atoms with Crippen LogP contribution >= 0.6 is 39.7 Å². The van der Waals surface area contributed by atoms with Gasteiger partial charge < -0.3 is 10.8 Å². The van der Waals surface area contributed by atoms with Crippen LogP contribution in [0.3, 0.4) is 0 Å². The maximum atomic E-state index is 8.62. The van der Waals surface area contributed by atoms with E-state index in [-0.39, 0.29) is 25.1 Å². The van der Waals surface area contributed by atoms with Crippen LogP contribution in [-0.4, -0.2) is 11.7 Å². The van der Waals surface area contributed by atoms with Gasteiger partial charge in [0.25, 0.3) is 0 Å². The third-order valence-electron chi connectivity index (χ3n) is 1.65. The van der Waals surface area contributed by atoms with Gasteiger partial charge in [-0.15, -0.1) is 23.7 Å². The first kappa shape index (κ1) is 13.4. The number of hydrogen-bond acceptors (Lipinski definition) is 3. The monoisotopic (exact) mass is 285 g/mol. The second-order valence-electron chi connectivity index (χ2n) is 2.61. The molecule has 0 saturated carbocycles. The lowest BCUT2D eigenvalue weighted by Crippen LogP contribution is -2.09. The molecule has 0 aromatic carbocycles. The normalized spacial score (nSPS) is 12.2. The highest BCUT2D eigenvalue weighted by atomic mass is 79.9. The summed E-state index contributed by atoms with van der Waals surface area (Å²) in [7, 11) is 0. The van der Waals surface area contributed by atoms with Crippen molar-refractivity contribution in [1.82, 2.24) is 0 Å². The zero-order valence-corrected chi connectivity index (χ0v) is 10.3. The van der Waals surface area contributed by atoms with Crippen LogP contribution in [0.2, 0.25) is 0 Å². The minimum Gasteiger partial charge on any atom is -0.396 e. The second kappa shape index (κ2) is 6.79. The topological polar surface area (TPSA) is 46.2 Å². The summed E-state index contributed by atoms with van der Waals surface area (Å²) in [5, 5.41) is 10.6. The lowest BCUT2D eigenvalue weighted by Gasteiger charge is -2.08. The first-order valence-electron chi connectivity index (χ1n) is 3.85. The minimum atomic E-state index is 0. The van der Waals surface area contributed by atoms with E-state index in [4.69, 9.17) is 10.8 Å². The van der Waals surface area contributed by atoms with Crippen LogP contribution in [0.25, 0.3) is 0 Å². The SMILES string of the molecule is Cl.N[C@H](CCCO)c1sccc1Br. The molecular weight excluding hydrogens is 274 g/mol. The molecule has 1 aromatic rings.